The van der Waals surface area contributed by atoms with E-state index in [0.29, 0.717) is 12.3 Å². The maximum atomic E-state index is 12.1. The molecule has 2 rings (SSSR count). The second-order valence-electron chi connectivity index (χ2n) is 5.72. The molecule has 3 nitrogen and oxygen atoms in total. The first-order chi connectivity index (χ1) is 9.15. The molecule has 0 aliphatic carbocycles. The largest absolute Gasteiger partial charge is 0.340 e. The van der Waals surface area contributed by atoms with Crippen LogP contribution in [0.15, 0.2) is 24.3 Å². The van der Waals surface area contributed by atoms with Gasteiger partial charge in [-0.3, -0.25) is 4.79 Å². The monoisotopic (exact) mass is 260 g/mol. The molecule has 1 heterocycles. The van der Waals surface area contributed by atoms with Gasteiger partial charge in [-0.1, -0.05) is 38.1 Å². The van der Waals surface area contributed by atoms with Crippen molar-refractivity contribution in [2.75, 3.05) is 26.2 Å². The number of rotatable bonds is 4. The second kappa shape index (κ2) is 6.71. The molecule has 1 aliphatic rings. The number of hydrogen-bond donors (Lipinski definition) is 1. The van der Waals surface area contributed by atoms with Crippen LogP contribution in [-0.2, 0) is 17.6 Å². The summed E-state index contributed by atoms with van der Waals surface area (Å²) in [5, 5.41) is 3.27. The molecule has 0 bridgehead atoms. The third-order valence-corrected chi connectivity index (χ3v) is 3.49. The molecule has 0 aromatic heterocycles. The van der Waals surface area contributed by atoms with Gasteiger partial charge in [0.2, 0.25) is 5.91 Å². The summed E-state index contributed by atoms with van der Waals surface area (Å²) in [6, 6.07) is 8.50. The van der Waals surface area contributed by atoms with Crippen molar-refractivity contribution in [2.24, 2.45) is 5.92 Å². The fraction of sp³-hybridized carbons (Fsp3) is 0.562. The van der Waals surface area contributed by atoms with Crippen LogP contribution in [-0.4, -0.2) is 37.0 Å². The number of nitrogens with zero attached hydrogens (tertiary/aromatic N) is 1. The lowest BCUT2D eigenvalue weighted by molar-refractivity contribution is -0.131. The van der Waals surface area contributed by atoms with Crippen LogP contribution in [0.1, 0.15) is 25.0 Å². The molecule has 0 atom stereocenters. The fourth-order valence-electron chi connectivity index (χ4n) is 2.47. The van der Waals surface area contributed by atoms with Gasteiger partial charge in [-0.25, -0.2) is 0 Å². The van der Waals surface area contributed by atoms with E-state index >= 15 is 0 Å². The summed E-state index contributed by atoms with van der Waals surface area (Å²) in [7, 11) is 0. The molecule has 1 saturated heterocycles. The van der Waals surface area contributed by atoms with Crippen molar-refractivity contribution < 1.29 is 4.79 Å². The molecule has 0 radical (unpaired) electrons. The van der Waals surface area contributed by atoms with Gasteiger partial charge in [0.1, 0.15) is 0 Å². The Labute approximate surface area is 116 Å². The van der Waals surface area contributed by atoms with Crippen LogP contribution in [0.3, 0.4) is 0 Å². The lowest BCUT2D eigenvalue weighted by Crippen LogP contribution is -2.46. The molecular weight excluding hydrogens is 236 g/mol. The minimum atomic E-state index is 0.248. The first-order valence-corrected chi connectivity index (χ1v) is 7.21. The molecule has 1 aliphatic heterocycles. The molecular formula is C16H24N2O. The smallest absolute Gasteiger partial charge is 0.227 e. The zero-order valence-corrected chi connectivity index (χ0v) is 12.0. The Morgan fingerprint density at radius 2 is 1.74 bits per heavy atom. The average molecular weight is 260 g/mol. The first kappa shape index (κ1) is 14.1. The number of amides is 1. The van der Waals surface area contributed by atoms with Crippen LogP contribution < -0.4 is 5.32 Å². The van der Waals surface area contributed by atoms with Crippen molar-refractivity contribution in [3.8, 4) is 0 Å². The summed E-state index contributed by atoms with van der Waals surface area (Å²) in [6.07, 6.45) is 1.63. The molecule has 19 heavy (non-hydrogen) atoms. The predicted molar refractivity (Wildman–Crippen MR) is 78.1 cm³/mol. The highest BCUT2D eigenvalue weighted by Gasteiger charge is 2.16. The molecule has 0 unspecified atom stereocenters. The van der Waals surface area contributed by atoms with Crippen molar-refractivity contribution in [1.29, 1.82) is 0 Å². The molecule has 1 N–H and O–H groups in total. The Bertz CT molecular complexity index is 405. The summed E-state index contributed by atoms with van der Waals surface area (Å²) in [4.78, 5) is 14.1. The van der Waals surface area contributed by atoms with Crippen molar-refractivity contribution in [1.82, 2.24) is 10.2 Å². The Balaban J connectivity index is 1.89. The van der Waals surface area contributed by atoms with Gasteiger partial charge in [0, 0.05) is 26.2 Å². The van der Waals surface area contributed by atoms with Gasteiger partial charge in [-0.15, -0.1) is 0 Å². The van der Waals surface area contributed by atoms with Gasteiger partial charge in [0.25, 0.3) is 0 Å². The van der Waals surface area contributed by atoms with Gasteiger partial charge in [0.15, 0.2) is 0 Å². The van der Waals surface area contributed by atoms with E-state index < -0.39 is 0 Å². The van der Waals surface area contributed by atoms with E-state index in [-0.39, 0.29) is 5.91 Å². The summed E-state index contributed by atoms with van der Waals surface area (Å²) in [6.45, 7) is 7.95. The summed E-state index contributed by atoms with van der Waals surface area (Å²) < 4.78 is 0. The third-order valence-electron chi connectivity index (χ3n) is 3.49. The normalized spacial score (nSPS) is 15.8. The number of nitrogens with one attached hydrogen (secondary N) is 1. The second-order valence-corrected chi connectivity index (χ2v) is 5.72. The number of carbonyl (C=O) groups is 1. The van der Waals surface area contributed by atoms with E-state index in [0.717, 1.165) is 38.2 Å². The van der Waals surface area contributed by atoms with E-state index in [2.05, 4.69) is 43.4 Å². The Kier molecular flexibility index (Phi) is 4.97. The minimum absolute atomic E-state index is 0.248. The van der Waals surface area contributed by atoms with Crippen LogP contribution in [0.25, 0.3) is 0 Å². The van der Waals surface area contributed by atoms with Crippen LogP contribution in [0, 0.1) is 5.92 Å². The minimum Gasteiger partial charge on any atom is -0.340 e. The predicted octanol–water partition coefficient (Wildman–Crippen LogP) is 1.86. The van der Waals surface area contributed by atoms with E-state index in [1.807, 2.05) is 4.90 Å². The number of hydrogen-bond acceptors (Lipinski definition) is 2. The number of piperazine rings is 1. The van der Waals surface area contributed by atoms with Crippen LogP contribution in [0.5, 0.6) is 0 Å². The van der Waals surface area contributed by atoms with Gasteiger partial charge in [-0.2, -0.15) is 0 Å². The standard InChI is InChI=1S/C16H24N2O/c1-13(2)11-14-3-5-15(6-4-14)12-16(19)18-9-7-17-8-10-18/h3-6,13,17H,7-12H2,1-2H3. The summed E-state index contributed by atoms with van der Waals surface area (Å²) >= 11 is 0. The lowest BCUT2D eigenvalue weighted by Gasteiger charge is -2.27. The first-order valence-electron chi connectivity index (χ1n) is 7.21. The van der Waals surface area contributed by atoms with E-state index in [1.165, 1.54) is 5.56 Å². The molecule has 1 fully saturated rings. The van der Waals surface area contributed by atoms with Crippen molar-refractivity contribution in [3.63, 3.8) is 0 Å². The van der Waals surface area contributed by atoms with Crippen molar-refractivity contribution >= 4 is 5.91 Å². The summed E-state index contributed by atoms with van der Waals surface area (Å²) in [5.41, 5.74) is 2.48. The Hall–Kier alpha value is -1.35. The van der Waals surface area contributed by atoms with Crippen molar-refractivity contribution in [3.05, 3.63) is 35.4 Å². The quantitative estimate of drug-likeness (QED) is 0.896. The molecule has 1 aromatic carbocycles. The highest BCUT2D eigenvalue weighted by atomic mass is 16.2. The van der Waals surface area contributed by atoms with Crippen LogP contribution in [0.2, 0.25) is 0 Å². The highest BCUT2D eigenvalue weighted by Crippen LogP contribution is 2.11. The van der Waals surface area contributed by atoms with Gasteiger partial charge in [0.05, 0.1) is 6.42 Å². The topological polar surface area (TPSA) is 32.3 Å². The average Bonchev–Trinajstić information content (AvgIpc) is 2.41. The Morgan fingerprint density at radius 3 is 2.32 bits per heavy atom. The van der Waals surface area contributed by atoms with Gasteiger partial charge in [-0.05, 0) is 23.5 Å². The number of benzene rings is 1. The number of carbonyl (C=O) groups excluding carboxylic acids is 1. The van der Waals surface area contributed by atoms with Crippen LogP contribution >= 0.6 is 0 Å². The van der Waals surface area contributed by atoms with Crippen molar-refractivity contribution in [2.45, 2.75) is 26.7 Å². The zero-order chi connectivity index (χ0) is 13.7. The van der Waals surface area contributed by atoms with Crippen LogP contribution in [0.4, 0.5) is 0 Å². The molecule has 1 amide bonds. The van der Waals surface area contributed by atoms with Gasteiger partial charge >= 0.3 is 0 Å². The van der Waals surface area contributed by atoms with E-state index in [1.54, 1.807) is 0 Å². The Morgan fingerprint density at radius 1 is 1.16 bits per heavy atom. The van der Waals surface area contributed by atoms with E-state index in [9.17, 15) is 4.79 Å². The third kappa shape index (κ3) is 4.35. The maximum absolute atomic E-state index is 12.1. The molecule has 104 valence electrons. The highest BCUT2D eigenvalue weighted by molar-refractivity contribution is 5.78. The molecule has 0 saturated carbocycles. The molecule has 1 aromatic rings. The maximum Gasteiger partial charge on any atom is 0.227 e. The zero-order valence-electron chi connectivity index (χ0n) is 12.0. The van der Waals surface area contributed by atoms with Gasteiger partial charge < -0.3 is 10.2 Å². The SMILES string of the molecule is CC(C)Cc1ccc(CC(=O)N2CCNCC2)cc1. The molecule has 0 spiro atoms. The summed E-state index contributed by atoms with van der Waals surface area (Å²) in [5.74, 6) is 0.923. The molecule has 3 heteroatoms. The lowest BCUT2D eigenvalue weighted by atomic mass is 10.0. The fourth-order valence-corrected chi connectivity index (χ4v) is 2.47. The van der Waals surface area contributed by atoms with E-state index in [4.69, 9.17) is 0 Å².